The zero-order valence-corrected chi connectivity index (χ0v) is 24.5. The van der Waals surface area contributed by atoms with E-state index in [1.165, 1.54) is 10.7 Å². The average molecular weight is 558 g/mol. The summed E-state index contributed by atoms with van der Waals surface area (Å²) < 4.78 is 32.3. The Bertz CT molecular complexity index is 1190. The Kier molecular flexibility index (Phi) is 11.2. The fourth-order valence-electron chi connectivity index (χ4n) is 4.96. The number of carbonyl (C=O) groups excluding carboxylic acids is 2. The van der Waals surface area contributed by atoms with Gasteiger partial charge >= 0.3 is 0 Å². The second-order valence-corrected chi connectivity index (χ2v) is 12.3. The van der Waals surface area contributed by atoms with Crippen molar-refractivity contribution < 1.29 is 22.7 Å². The van der Waals surface area contributed by atoms with Crippen LogP contribution in [0.1, 0.15) is 69.9 Å². The van der Waals surface area contributed by atoms with Gasteiger partial charge in [0.1, 0.15) is 11.8 Å². The van der Waals surface area contributed by atoms with E-state index in [1.54, 1.807) is 36.1 Å². The van der Waals surface area contributed by atoms with Gasteiger partial charge in [-0.15, -0.1) is 0 Å². The Labute approximate surface area is 233 Å². The lowest BCUT2D eigenvalue weighted by molar-refractivity contribution is -0.141. The van der Waals surface area contributed by atoms with E-state index in [4.69, 9.17) is 4.74 Å². The first kappa shape index (κ1) is 30.5. The summed E-state index contributed by atoms with van der Waals surface area (Å²) in [6.07, 6.45) is 6.90. The van der Waals surface area contributed by atoms with Crippen LogP contribution in [0.25, 0.3) is 0 Å². The minimum Gasteiger partial charge on any atom is -0.492 e. The largest absolute Gasteiger partial charge is 0.492 e. The van der Waals surface area contributed by atoms with E-state index in [-0.39, 0.29) is 30.8 Å². The Hall–Kier alpha value is -3.07. The molecule has 1 fully saturated rings. The van der Waals surface area contributed by atoms with Gasteiger partial charge in [-0.2, -0.15) is 0 Å². The monoisotopic (exact) mass is 557 g/mol. The lowest BCUT2D eigenvalue weighted by atomic mass is 9.95. The lowest BCUT2D eigenvalue weighted by Crippen LogP contribution is -2.50. The summed E-state index contributed by atoms with van der Waals surface area (Å²) in [6.45, 7) is 6.45. The predicted octanol–water partition coefficient (Wildman–Crippen LogP) is 4.81. The summed E-state index contributed by atoms with van der Waals surface area (Å²) in [7, 11) is -3.61. The van der Waals surface area contributed by atoms with E-state index in [2.05, 4.69) is 5.32 Å². The number of para-hydroxylation sites is 2. The van der Waals surface area contributed by atoms with Gasteiger partial charge in [-0.25, -0.2) is 8.42 Å². The van der Waals surface area contributed by atoms with Gasteiger partial charge in [0.05, 0.1) is 18.6 Å². The van der Waals surface area contributed by atoms with Gasteiger partial charge in [-0.1, -0.05) is 61.2 Å². The number of anilines is 1. The van der Waals surface area contributed by atoms with Crippen LogP contribution in [0.2, 0.25) is 0 Å². The SMILES string of the molecule is CCOc1ccccc1N(CCCC(=O)N(Cc1ccc(C)cc1)[C@@H](C)C(=O)NC1CCCCC1)S(C)(=O)=O. The zero-order valence-electron chi connectivity index (χ0n) is 23.7. The smallest absolute Gasteiger partial charge is 0.242 e. The number of hydrogen-bond donors (Lipinski definition) is 1. The molecule has 0 saturated heterocycles. The molecule has 0 heterocycles. The molecular formula is C30H43N3O5S. The molecule has 1 aliphatic rings. The molecule has 1 aliphatic carbocycles. The van der Waals surface area contributed by atoms with Gasteiger partial charge in [0.25, 0.3) is 0 Å². The number of hydrogen-bond acceptors (Lipinski definition) is 5. The third-order valence-electron chi connectivity index (χ3n) is 7.18. The summed E-state index contributed by atoms with van der Waals surface area (Å²) in [6, 6.07) is 14.4. The second kappa shape index (κ2) is 14.4. The van der Waals surface area contributed by atoms with E-state index in [1.807, 2.05) is 38.1 Å². The molecular weight excluding hydrogens is 514 g/mol. The van der Waals surface area contributed by atoms with Gasteiger partial charge in [0, 0.05) is 25.6 Å². The molecule has 9 heteroatoms. The minimum absolute atomic E-state index is 0.107. The Balaban J connectivity index is 1.73. The van der Waals surface area contributed by atoms with E-state index in [0.29, 0.717) is 31.0 Å². The quantitative estimate of drug-likeness (QED) is 0.382. The zero-order chi connectivity index (χ0) is 28.4. The van der Waals surface area contributed by atoms with Gasteiger partial charge in [-0.3, -0.25) is 13.9 Å². The van der Waals surface area contributed by atoms with Crippen molar-refractivity contribution in [3.8, 4) is 5.75 Å². The molecule has 0 aliphatic heterocycles. The van der Waals surface area contributed by atoms with Crippen LogP contribution in [0.3, 0.4) is 0 Å². The molecule has 2 amide bonds. The summed E-state index contributed by atoms with van der Waals surface area (Å²) in [5.41, 5.74) is 2.51. The van der Waals surface area contributed by atoms with Gasteiger partial charge < -0.3 is 15.0 Å². The minimum atomic E-state index is -3.61. The fourth-order valence-corrected chi connectivity index (χ4v) is 5.93. The van der Waals surface area contributed by atoms with Crippen LogP contribution in [0.4, 0.5) is 5.69 Å². The molecule has 0 radical (unpaired) electrons. The van der Waals surface area contributed by atoms with Crippen molar-refractivity contribution in [2.75, 3.05) is 23.7 Å². The number of rotatable bonds is 13. The normalized spacial score (nSPS) is 14.9. The van der Waals surface area contributed by atoms with Crippen LogP contribution in [-0.2, 0) is 26.2 Å². The molecule has 2 aromatic rings. The number of carbonyl (C=O) groups is 2. The second-order valence-electron chi connectivity index (χ2n) is 10.4. The van der Waals surface area contributed by atoms with E-state index in [9.17, 15) is 18.0 Å². The standard InChI is InChI=1S/C30H43N3O5S/c1-5-38-28-15-10-9-14-27(28)33(39(4,36)37)21-11-16-29(34)32(22-25-19-17-23(2)18-20-25)24(3)30(35)31-26-12-7-6-8-13-26/h9-10,14-15,17-20,24,26H,5-8,11-13,16,21-22H2,1-4H3,(H,31,35)/t24-/m0/s1. The first-order valence-corrected chi connectivity index (χ1v) is 15.8. The summed E-state index contributed by atoms with van der Waals surface area (Å²) in [5.74, 6) is 0.143. The lowest BCUT2D eigenvalue weighted by Gasteiger charge is -2.31. The van der Waals surface area contributed by atoms with Crippen molar-refractivity contribution in [2.45, 2.75) is 84.3 Å². The Morgan fingerprint density at radius 2 is 1.72 bits per heavy atom. The number of benzene rings is 2. The summed E-state index contributed by atoms with van der Waals surface area (Å²) in [5, 5.41) is 3.15. The topological polar surface area (TPSA) is 96.0 Å². The molecule has 0 spiro atoms. The molecule has 214 valence electrons. The summed E-state index contributed by atoms with van der Waals surface area (Å²) in [4.78, 5) is 28.3. The average Bonchev–Trinajstić information content (AvgIpc) is 2.91. The number of amides is 2. The molecule has 1 atom stereocenters. The number of ether oxygens (including phenoxy) is 1. The highest BCUT2D eigenvalue weighted by Gasteiger charge is 2.28. The third kappa shape index (κ3) is 8.98. The molecule has 8 nitrogen and oxygen atoms in total. The van der Waals surface area contributed by atoms with E-state index >= 15 is 0 Å². The van der Waals surface area contributed by atoms with Gasteiger partial charge in [-0.05, 0) is 57.7 Å². The first-order chi connectivity index (χ1) is 18.6. The number of sulfonamides is 1. The van der Waals surface area contributed by atoms with Crippen LogP contribution in [0, 0.1) is 6.92 Å². The highest BCUT2D eigenvalue weighted by Crippen LogP contribution is 2.30. The maximum absolute atomic E-state index is 13.5. The van der Waals surface area contributed by atoms with Crippen molar-refractivity contribution in [2.24, 2.45) is 0 Å². The Morgan fingerprint density at radius 3 is 2.36 bits per heavy atom. The van der Waals surface area contributed by atoms with Crippen molar-refractivity contribution in [1.82, 2.24) is 10.2 Å². The highest BCUT2D eigenvalue weighted by atomic mass is 32.2. The van der Waals surface area contributed by atoms with Crippen molar-refractivity contribution in [1.29, 1.82) is 0 Å². The van der Waals surface area contributed by atoms with Crippen LogP contribution in [-0.4, -0.2) is 56.6 Å². The molecule has 0 bridgehead atoms. The first-order valence-electron chi connectivity index (χ1n) is 13.9. The maximum Gasteiger partial charge on any atom is 0.242 e. The van der Waals surface area contributed by atoms with Crippen molar-refractivity contribution >= 4 is 27.5 Å². The van der Waals surface area contributed by atoms with Crippen LogP contribution in [0.15, 0.2) is 48.5 Å². The Morgan fingerprint density at radius 1 is 1.05 bits per heavy atom. The molecule has 3 rings (SSSR count). The van der Waals surface area contributed by atoms with Crippen LogP contribution >= 0.6 is 0 Å². The molecule has 2 aromatic carbocycles. The van der Waals surface area contributed by atoms with Crippen molar-refractivity contribution in [3.63, 3.8) is 0 Å². The molecule has 1 saturated carbocycles. The van der Waals surface area contributed by atoms with E-state index in [0.717, 1.165) is 43.1 Å². The molecule has 39 heavy (non-hydrogen) atoms. The summed E-state index contributed by atoms with van der Waals surface area (Å²) >= 11 is 0. The molecule has 1 N–H and O–H groups in total. The maximum atomic E-state index is 13.5. The highest BCUT2D eigenvalue weighted by molar-refractivity contribution is 7.92. The number of nitrogens with zero attached hydrogens (tertiary/aromatic N) is 2. The van der Waals surface area contributed by atoms with Gasteiger partial charge in [0.2, 0.25) is 21.8 Å². The van der Waals surface area contributed by atoms with Gasteiger partial charge in [0.15, 0.2) is 0 Å². The van der Waals surface area contributed by atoms with Crippen LogP contribution < -0.4 is 14.4 Å². The molecule has 0 unspecified atom stereocenters. The molecule has 0 aromatic heterocycles. The van der Waals surface area contributed by atoms with Crippen molar-refractivity contribution in [3.05, 3.63) is 59.7 Å². The fraction of sp³-hybridized carbons (Fsp3) is 0.533. The van der Waals surface area contributed by atoms with E-state index < -0.39 is 16.1 Å². The number of aryl methyl sites for hydroxylation is 1. The third-order valence-corrected chi connectivity index (χ3v) is 8.36. The van der Waals surface area contributed by atoms with Crippen LogP contribution in [0.5, 0.6) is 5.75 Å². The predicted molar refractivity (Wildman–Crippen MR) is 155 cm³/mol. The number of nitrogens with one attached hydrogen (secondary N) is 1.